The molecule has 6 nitrogen and oxygen atoms in total. The van der Waals surface area contributed by atoms with Crippen molar-refractivity contribution in [2.45, 2.75) is 24.8 Å². The Bertz CT molecular complexity index is 984. The molecular weight excluding hydrogens is 470 g/mol. The number of hydroxylamine groups is 2. The molecular formula is C19H17Cl2FN4O2S2. The Morgan fingerprint density at radius 2 is 2.00 bits per heavy atom. The Kier molecular flexibility index (Phi) is 6.88. The molecule has 0 radical (unpaired) electrons. The molecule has 30 heavy (non-hydrogen) atoms. The number of carbonyl (C=O) groups is 1. The van der Waals surface area contributed by atoms with Crippen LogP contribution in [-0.2, 0) is 0 Å². The summed E-state index contributed by atoms with van der Waals surface area (Å²) in [5.74, 6) is -0.554. The topological polar surface area (TPSA) is 68.2 Å². The fourth-order valence-corrected chi connectivity index (χ4v) is 4.93. The minimum absolute atomic E-state index is 0.0746. The monoisotopic (exact) mass is 486 g/mol. The van der Waals surface area contributed by atoms with E-state index in [1.54, 1.807) is 38.1 Å². The Balaban J connectivity index is 1.85. The standard InChI is InChI=1S/C19H17Cl2FN4O2S2/c1-19(2)16(26(28)17(27)24-12-8-6-11(20)7-9-12)25(18(29)30-19)23-10-13-14(21)4-3-5-15(13)22/h3-10,16,28H,1-2H3,(H,24,27)/b23-10+. The van der Waals surface area contributed by atoms with E-state index in [2.05, 4.69) is 10.4 Å². The van der Waals surface area contributed by atoms with Crippen LogP contribution in [0, 0.1) is 5.82 Å². The normalized spacial score (nSPS) is 18.1. The predicted octanol–water partition coefficient (Wildman–Crippen LogP) is 5.83. The van der Waals surface area contributed by atoms with E-state index in [1.807, 2.05) is 0 Å². The van der Waals surface area contributed by atoms with Gasteiger partial charge in [0.05, 0.1) is 16.0 Å². The Hall–Kier alpha value is -1.91. The Morgan fingerprint density at radius 3 is 2.63 bits per heavy atom. The third kappa shape index (κ3) is 4.87. The number of thioether (sulfide) groups is 1. The summed E-state index contributed by atoms with van der Waals surface area (Å²) in [4.78, 5) is 12.6. The maximum Gasteiger partial charge on any atom is 0.347 e. The van der Waals surface area contributed by atoms with Crippen LogP contribution in [0.4, 0.5) is 14.9 Å². The van der Waals surface area contributed by atoms with Gasteiger partial charge in [-0.15, -0.1) is 0 Å². The number of nitrogens with one attached hydrogen (secondary N) is 1. The van der Waals surface area contributed by atoms with E-state index in [4.69, 9.17) is 35.4 Å². The first-order valence-corrected chi connectivity index (χ1v) is 10.6. The first-order chi connectivity index (χ1) is 14.1. The number of urea groups is 1. The number of nitrogens with zero attached hydrogens (tertiary/aromatic N) is 3. The van der Waals surface area contributed by atoms with Gasteiger partial charge in [0.25, 0.3) is 0 Å². The smallest absolute Gasteiger partial charge is 0.306 e. The Morgan fingerprint density at radius 1 is 1.33 bits per heavy atom. The van der Waals surface area contributed by atoms with Gasteiger partial charge in [-0.1, -0.05) is 53.2 Å². The molecule has 2 N–H and O–H groups in total. The summed E-state index contributed by atoms with van der Waals surface area (Å²) < 4.78 is 13.7. The number of halogens is 3. The van der Waals surface area contributed by atoms with Crippen molar-refractivity contribution in [2.75, 3.05) is 5.32 Å². The van der Waals surface area contributed by atoms with Gasteiger partial charge >= 0.3 is 6.03 Å². The van der Waals surface area contributed by atoms with Crippen molar-refractivity contribution in [1.82, 2.24) is 10.1 Å². The van der Waals surface area contributed by atoms with Crippen LogP contribution in [0.2, 0.25) is 10.0 Å². The van der Waals surface area contributed by atoms with Crippen LogP contribution < -0.4 is 5.32 Å². The molecule has 1 aliphatic heterocycles. The number of amides is 2. The van der Waals surface area contributed by atoms with Crippen LogP contribution >= 0.6 is 47.2 Å². The number of hydrazone groups is 1. The number of thiocarbonyl (C=S) groups is 1. The maximum absolute atomic E-state index is 14.1. The molecule has 1 heterocycles. The molecule has 158 valence electrons. The van der Waals surface area contributed by atoms with Crippen molar-refractivity contribution in [3.05, 3.63) is 63.9 Å². The van der Waals surface area contributed by atoms with E-state index in [0.29, 0.717) is 20.1 Å². The average molecular weight is 487 g/mol. The van der Waals surface area contributed by atoms with Crippen LogP contribution in [0.3, 0.4) is 0 Å². The van der Waals surface area contributed by atoms with Crippen molar-refractivity contribution in [1.29, 1.82) is 0 Å². The van der Waals surface area contributed by atoms with Crippen LogP contribution in [0.5, 0.6) is 0 Å². The molecule has 11 heteroatoms. The zero-order chi connectivity index (χ0) is 22.1. The number of benzene rings is 2. The molecule has 1 atom stereocenters. The van der Waals surface area contributed by atoms with Crippen molar-refractivity contribution in [3.63, 3.8) is 0 Å². The molecule has 3 rings (SSSR count). The van der Waals surface area contributed by atoms with Crippen LogP contribution in [0.15, 0.2) is 47.6 Å². The summed E-state index contributed by atoms with van der Waals surface area (Å²) in [5.41, 5.74) is 0.521. The van der Waals surface area contributed by atoms with E-state index < -0.39 is 22.8 Å². The van der Waals surface area contributed by atoms with Gasteiger partial charge in [0.15, 0.2) is 10.5 Å². The average Bonchev–Trinajstić information content (AvgIpc) is 2.90. The molecule has 1 fully saturated rings. The van der Waals surface area contributed by atoms with Gasteiger partial charge in [0.2, 0.25) is 0 Å². The van der Waals surface area contributed by atoms with Crippen LogP contribution in [0.25, 0.3) is 0 Å². The van der Waals surface area contributed by atoms with Crippen LogP contribution in [0.1, 0.15) is 19.4 Å². The maximum atomic E-state index is 14.1. The van der Waals surface area contributed by atoms with Crippen molar-refractivity contribution in [2.24, 2.45) is 5.10 Å². The molecule has 0 spiro atoms. The second-order valence-electron chi connectivity index (χ2n) is 6.85. The van der Waals surface area contributed by atoms with Gasteiger partial charge < -0.3 is 5.32 Å². The highest BCUT2D eigenvalue weighted by atomic mass is 35.5. The second kappa shape index (κ2) is 9.07. The number of carbonyl (C=O) groups excluding carboxylic acids is 1. The van der Waals surface area contributed by atoms with E-state index in [0.717, 1.165) is 0 Å². The number of anilines is 1. The third-order valence-electron chi connectivity index (χ3n) is 4.24. The fourth-order valence-electron chi connectivity index (χ4n) is 2.81. The van der Waals surface area contributed by atoms with Gasteiger partial charge in [-0.3, -0.25) is 5.21 Å². The summed E-state index contributed by atoms with van der Waals surface area (Å²) in [6.45, 7) is 3.61. The molecule has 0 saturated carbocycles. The number of hydrogen-bond acceptors (Lipinski definition) is 5. The summed E-state index contributed by atoms with van der Waals surface area (Å²) >= 11 is 18.5. The lowest BCUT2D eigenvalue weighted by Crippen LogP contribution is -2.54. The SMILES string of the molecule is CC1(C)SC(=S)N(/N=C/c2c(F)cccc2Cl)C1N(O)C(=O)Nc1ccc(Cl)cc1. The molecule has 2 aromatic rings. The van der Waals surface area contributed by atoms with Crippen molar-refractivity contribution in [3.8, 4) is 0 Å². The summed E-state index contributed by atoms with van der Waals surface area (Å²) in [6, 6.07) is 9.90. The highest BCUT2D eigenvalue weighted by Crippen LogP contribution is 2.42. The molecule has 0 aromatic heterocycles. The molecule has 1 unspecified atom stereocenters. The quantitative estimate of drug-likeness (QED) is 0.246. The van der Waals surface area contributed by atoms with E-state index in [1.165, 1.54) is 41.2 Å². The summed E-state index contributed by atoms with van der Waals surface area (Å²) in [6.07, 6.45) is 0.258. The minimum atomic E-state index is -0.955. The molecule has 2 aromatic carbocycles. The molecule has 2 amide bonds. The summed E-state index contributed by atoms with van der Waals surface area (Å²) in [7, 11) is 0. The van der Waals surface area contributed by atoms with Gasteiger partial charge in [0.1, 0.15) is 5.82 Å². The lowest BCUT2D eigenvalue weighted by atomic mass is 10.1. The number of hydrogen-bond donors (Lipinski definition) is 2. The summed E-state index contributed by atoms with van der Waals surface area (Å²) in [5, 5.41) is 20.0. The highest BCUT2D eigenvalue weighted by molar-refractivity contribution is 8.24. The lowest BCUT2D eigenvalue weighted by molar-refractivity contribution is -0.114. The van der Waals surface area contributed by atoms with Gasteiger partial charge in [-0.25, -0.2) is 14.2 Å². The van der Waals surface area contributed by atoms with E-state index in [9.17, 15) is 14.4 Å². The zero-order valence-corrected chi connectivity index (χ0v) is 19.0. The predicted molar refractivity (Wildman–Crippen MR) is 123 cm³/mol. The molecule has 1 saturated heterocycles. The highest BCUT2D eigenvalue weighted by Gasteiger charge is 2.50. The van der Waals surface area contributed by atoms with Crippen molar-refractivity contribution < 1.29 is 14.4 Å². The third-order valence-corrected chi connectivity index (χ3v) is 6.35. The van der Waals surface area contributed by atoms with Crippen molar-refractivity contribution >= 4 is 69.4 Å². The first kappa shape index (κ1) is 22.8. The first-order valence-electron chi connectivity index (χ1n) is 8.65. The molecule has 0 aliphatic carbocycles. The van der Waals surface area contributed by atoms with Gasteiger partial charge in [0, 0.05) is 16.3 Å². The van der Waals surface area contributed by atoms with Gasteiger partial charge in [-0.2, -0.15) is 10.2 Å². The molecule has 0 bridgehead atoms. The van der Waals surface area contributed by atoms with E-state index in [-0.39, 0.29) is 10.6 Å². The number of rotatable bonds is 4. The largest absolute Gasteiger partial charge is 0.347 e. The minimum Gasteiger partial charge on any atom is -0.306 e. The van der Waals surface area contributed by atoms with Crippen LogP contribution in [-0.4, -0.2) is 42.8 Å². The lowest BCUT2D eigenvalue weighted by Gasteiger charge is -2.34. The molecule has 1 aliphatic rings. The fraction of sp³-hybridized carbons (Fsp3) is 0.211. The zero-order valence-electron chi connectivity index (χ0n) is 15.8. The van der Waals surface area contributed by atoms with Gasteiger partial charge in [-0.05, 0) is 50.2 Å². The Labute approximate surface area is 192 Å². The second-order valence-corrected chi connectivity index (χ2v) is 9.98. The van der Waals surface area contributed by atoms with E-state index >= 15 is 0 Å².